The van der Waals surface area contributed by atoms with Crippen LogP contribution < -0.4 is 10.1 Å². The van der Waals surface area contributed by atoms with Crippen LogP contribution in [0.2, 0.25) is 0 Å². The number of nitrogens with zero attached hydrogens (tertiary/aromatic N) is 2. The van der Waals surface area contributed by atoms with Crippen LogP contribution in [0.25, 0.3) is 0 Å². The van der Waals surface area contributed by atoms with E-state index in [4.69, 9.17) is 9.47 Å². The Balaban J connectivity index is 1.78. The fraction of sp³-hybridized carbons (Fsp3) is 0.667. The van der Waals surface area contributed by atoms with E-state index >= 15 is 0 Å². The van der Waals surface area contributed by atoms with Crippen LogP contribution in [0.5, 0.6) is 5.75 Å². The molecule has 0 atom stereocenters. The lowest BCUT2D eigenvalue weighted by Crippen LogP contribution is -2.40. The highest BCUT2D eigenvalue weighted by Gasteiger charge is 2.31. The van der Waals surface area contributed by atoms with Gasteiger partial charge in [0.2, 0.25) is 15.9 Å². The zero-order valence-corrected chi connectivity index (χ0v) is 18.9. The number of anilines is 1. The summed E-state index contributed by atoms with van der Waals surface area (Å²) in [7, 11) is -3.66. The second-order valence-corrected chi connectivity index (χ2v) is 10.1. The SMILES string of the molecule is CCOc1ccc(S(=O)(=O)N2CCOCC2)cc1NC(=O)CN(CC(C)C)C1CC1. The molecule has 0 radical (unpaired) electrons. The van der Waals surface area contributed by atoms with Gasteiger partial charge >= 0.3 is 0 Å². The van der Waals surface area contributed by atoms with Gasteiger partial charge in [0, 0.05) is 25.7 Å². The number of nitrogens with one attached hydrogen (secondary N) is 1. The van der Waals surface area contributed by atoms with Crippen molar-refractivity contribution in [3.63, 3.8) is 0 Å². The van der Waals surface area contributed by atoms with E-state index in [0.29, 0.717) is 56.3 Å². The third kappa shape index (κ3) is 5.94. The summed E-state index contributed by atoms with van der Waals surface area (Å²) in [6, 6.07) is 5.11. The van der Waals surface area contributed by atoms with Crippen LogP contribution >= 0.6 is 0 Å². The van der Waals surface area contributed by atoms with Gasteiger partial charge in [-0.3, -0.25) is 9.69 Å². The highest BCUT2D eigenvalue weighted by atomic mass is 32.2. The zero-order chi connectivity index (χ0) is 21.7. The Kier molecular flexibility index (Phi) is 7.73. The number of benzene rings is 1. The van der Waals surface area contributed by atoms with E-state index in [9.17, 15) is 13.2 Å². The Morgan fingerprint density at radius 3 is 2.60 bits per heavy atom. The first-order chi connectivity index (χ1) is 14.3. The molecule has 1 aromatic carbocycles. The fourth-order valence-corrected chi connectivity index (χ4v) is 5.04. The second-order valence-electron chi connectivity index (χ2n) is 8.21. The fourth-order valence-electron chi connectivity index (χ4n) is 3.61. The van der Waals surface area contributed by atoms with Gasteiger partial charge in [-0.2, -0.15) is 4.31 Å². The predicted octanol–water partition coefficient (Wildman–Crippen LogP) is 2.17. The number of carbonyl (C=O) groups is 1. The van der Waals surface area contributed by atoms with Crippen molar-refractivity contribution in [2.24, 2.45) is 5.92 Å². The highest BCUT2D eigenvalue weighted by Crippen LogP contribution is 2.31. The van der Waals surface area contributed by atoms with E-state index in [0.717, 1.165) is 19.4 Å². The largest absolute Gasteiger partial charge is 0.492 e. The average molecular weight is 440 g/mol. The van der Waals surface area contributed by atoms with Gasteiger partial charge in [0.1, 0.15) is 5.75 Å². The van der Waals surface area contributed by atoms with Crippen molar-refractivity contribution in [2.45, 2.75) is 44.6 Å². The molecule has 0 unspecified atom stereocenters. The summed E-state index contributed by atoms with van der Waals surface area (Å²) in [6.07, 6.45) is 2.24. The third-order valence-corrected chi connectivity index (χ3v) is 7.04. The Labute approximate surface area is 179 Å². The molecule has 9 heteroatoms. The molecular weight excluding hydrogens is 406 g/mol. The second kappa shape index (κ2) is 10.1. The van der Waals surface area contributed by atoms with E-state index in [1.807, 2.05) is 6.92 Å². The van der Waals surface area contributed by atoms with Crippen LogP contribution in [0, 0.1) is 5.92 Å². The van der Waals surface area contributed by atoms with E-state index in [-0.39, 0.29) is 17.3 Å². The standard InChI is InChI=1S/C21H33N3O5S/c1-4-29-20-8-7-18(30(26,27)24-9-11-28-12-10-24)13-19(20)22-21(25)15-23(14-16(2)3)17-5-6-17/h7-8,13,16-17H,4-6,9-12,14-15H2,1-3H3,(H,22,25). The van der Waals surface area contributed by atoms with E-state index in [1.165, 1.54) is 16.4 Å². The molecular formula is C21H33N3O5S. The van der Waals surface area contributed by atoms with Crippen LogP contribution in [0.1, 0.15) is 33.6 Å². The minimum Gasteiger partial charge on any atom is -0.492 e. The predicted molar refractivity (Wildman–Crippen MR) is 115 cm³/mol. The maximum atomic E-state index is 13.0. The van der Waals surface area contributed by atoms with Gasteiger partial charge < -0.3 is 14.8 Å². The number of ether oxygens (including phenoxy) is 2. The molecule has 1 aliphatic carbocycles. The molecule has 2 fully saturated rings. The molecule has 1 N–H and O–H groups in total. The molecule has 1 aliphatic heterocycles. The molecule has 8 nitrogen and oxygen atoms in total. The molecule has 3 rings (SSSR count). The molecule has 168 valence electrons. The summed E-state index contributed by atoms with van der Waals surface area (Å²) >= 11 is 0. The van der Waals surface area contributed by atoms with Gasteiger partial charge in [0.05, 0.1) is 36.9 Å². The lowest BCUT2D eigenvalue weighted by atomic mass is 10.2. The number of morpholine rings is 1. The van der Waals surface area contributed by atoms with Crippen LogP contribution in [0.3, 0.4) is 0 Å². The van der Waals surface area contributed by atoms with E-state index in [1.54, 1.807) is 6.07 Å². The van der Waals surface area contributed by atoms with Crippen LogP contribution in [0.15, 0.2) is 23.1 Å². The Bertz CT molecular complexity index is 833. The normalized spacial score (nSPS) is 18.0. The summed E-state index contributed by atoms with van der Waals surface area (Å²) in [5.41, 5.74) is 0.386. The maximum absolute atomic E-state index is 13.0. The molecule has 30 heavy (non-hydrogen) atoms. The third-order valence-electron chi connectivity index (χ3n) is 5.14. The quantitative estimate of drug-likeness (QED) is 0.601. The van der Waals surface area contributed by atoms with Crippen LogP contribution in [0.4, 0.5) is 5.69 Å². The van der Waals surface area contributed by atoms with Crippen molar-refractivity contribution in [1.82, 2.24) is 9.21 Å². The number of hydrogen-bond acceptors (Lipinski definition) is 6. The molecule has 0 aromatic heterocycles. The first-order valence-corrected chi connectivity index (χ1v) is 12.1. The molecule has 0 bridgehead atoms. The monoisotopic (exact) mass is 439 g/mol. The number of rotatable bonds is 10. The van der Waals surface area contributed by atoms with Crippen molar-refractivity contribution in [2.75, 3.05) is 51.3 Å². The number of carbonyl (C=O) groups excluding carboxylic acids is 1. The van der Waals surface area contributed by atoms with Gasteiger partial charge in [-0.05, 0) is 43.9 Å². The van der Waals surface area contributed by atoms with Crippen molar-refractivity contribution >= 4 is 21.6 Å². The van der Waals surface area contributed by atoms with Crippen molar-refractivity contribution in [1.29, 1.82) is 0 Å². The molecule has 0 spiro atoms. The average Bonchev–Trinajstić information content (AvgIpc) is 3.54. The molecule has 1 saturated carbocycles. The van der Waals surface area contributed by atoms with Crippen LogP contribution in [-0.4, -0.2) is 75.6 Å². The minimum atomic E-state index is -3.66. The van der Waals surface area contributed by atoms with Gasteiger partial charge in [-0.25, -0.2) is 8.42 Å². The first-order valence-electron chi connectivity index (χ1n) is 10.7. The lowest BCUT2D eigenvalue weighted by Gasteiger charge is -2.26. The summed E-state index contributed by atoms with van der Waals surface area (Å²) in [6.45, 7) is 9.10. The van der Waals surface area contributed by atoms with Crippen molar-refractivity contribution in [3.05, 3.63) is 18.2 Å². The smallest absolute Gasteiger partial charge is 0.243 e. The molecule has 1 saturated heterocycles. The van der Waals surface area contributed by atoms with Gasteiger partial charge in [-0.1, -0.05) is 13.8 Å². The highest BCUT2D eigenvalue weighted by molar-refractivity contribution is 7.89. The summed E-state index contributed by atoms with van der Waals surface area (Å²) < 4.78 is 38.3. The topological polar surface area (TPSA) is 88.2 Å². The van der Waals surface area contributed by atoms with Crippen molar-refractivity contribution in [3.8, 4) is 5.75 Å². The molecule has 1 aromatic rings. The molecule has 2 aliphatic rings. The van der Waals surface area contributed by atoms with E-state index < -0.39 is 10.0 Å². The Morgan fingerprint density at radius 2 is 2.00 bits per heavy atom. The Hall–Kier alpha value is -1.68. The summed E-state index contributed by atoms with van der Waals surface area (Å²) in [5.74, 6) is 0.775. The first kappa shape index (κ1) is 23.0. The van der Waals surface area contributed by atoms with Gasteiger partial charge in [-0.15, -0.1) is 0 Å². The number of sulfonamides is 1. The summed E-state index contributed by atoms with van der Waals surface area (Å²) in [4.78, 5) is 15.1. The zero-order valence-electron chi connectivity index (χ0n) is 18.1. The van der Waals surface area contributed by atoms with Crippen LogP contribution in [-0.2, 0) is 19.6 Å². The molecule has 1 amide bonds. The van der Waals surface area contributed by atoms with E-state index in [2.05, 4.69) is 24.1 Å². The molecule has 1 heterocycles. The summed E-state index contributed by atoms with van der Waals surface area (Å²) in [5, 5.41) is 2.88. The maximum Gasteiger partial charge on any atom is 0.243 e. The van der Waals surface area contributed by atoms with Crippen molar-refractivity contribution < 1.29 is 22.7 Å². The number of hydrogen-bond donors (Lipinski definition) is 1. The van der Waals surface area contributed by atoms with Gasteiger partial charge in [0.25, 0.3) is 0 Å². The lowest BCUT2D eigenvalue weighted by molar-refractivity contribution is -0.117. The Morgan fingerprint density at radius 1 is 1.30 bits per heavy atom. The van der Waals surface area contributed by atoms with Gasteiger partial charge in [0.15, 0.2) is 0 Å². The number of amides is 1. The minimum absolute atomic E-state index is 0.143.